The predicted octanol–water partition coefficient (Wildman–Crippen LogP) is 11.0. The minimum absolute atomic E-state index is 0.0468. The van der Waals surface area contributed by atoms with Gasteiger partial charge in [-0.3, -0.25) is 14.5 Å². The van der Waals surface area contributed by atoms with Crippen LogP contribution in [0.4, 0.5) is 5.69 Å². The Hall–Kier alpha value is -5.58. The Kier molecular flexibility index (Phi) is 10.6. The van der Waals surface area contributed by atoms with Gasteiger partial charge in [-0.1, -0.05) is 55.2 Å². The molecule has 0 radical (unpaired) electrons. The van der Waals surface area contributed by atoms with Crippen LogP contribution >= 0.6 is 23.2 Å². The van der Waals surface area contributed by atoms with Crippen molar-refractivity contribution < 1.29 is 19.4 Å². The number of aromatic carboxylic acids is 1. The highest BCUT2D eigenvalue weighted by Gasteiger charge is 2.40. The second-order valence-electron chi connectivity index (χ2n) is 16.1. The molecule has 5 heterocycles. The number of anilines is 1. The van der Waals surface area contributed by atoms with Gasteiger partial charge in [-0.25, -0.2) is 4.79 Å². The third-order valence-corrected chi connectivity index (χ3v) is 12.7. The molecule has 0 spiro atoms. The van der Waals surface area contributed by atoms with Crippen molar-refractivity contribution in [3.8, 4) is 16.9 Å². The van der Waals surface area contributed by atoms with Crippen molar-refractivity contribution in [3.05, 3.63) is 128 Å². The first-order chi connectivity index (χ1) is 28.2. The molecule has 3 aromatic carbocycles. The van der Waals surface area contributed by atoms with Crippen LogP contribution < -0.4 is 9.64 Å². The number of hydrogen-bond donors (Lipinski definition) is 1. The molecule has 8 rings (SSSR count). The molecule has 0 unspecified atom stereocenters. The van der Waals surface area contributed by atoms with Crippen molar-refractivity contribution in [2.75, 3.05) is 18.1 Å². The molecule has 0 fully saturated rings. The largest absolute Gasteiger partial charge is 0.494 e. The van der Waals surface area contributed by atoms with E-state index in [9.17, 15) is 9.90 Å². The third-order valence-electron chi connectivity index (χ3n) is 11.8. The molecule has 1 aliphatic heterocycles. The molecule has 1 N–H and O–H groups in total. The van der Waals surface area contributed by atoms with Crippen molar-refractivity contribution in [2.24, 2.45) is 7.05 Å². The maximum atomic E-state index is 15.6. The van der Waals surface area contributed by atoms with E-state index in [1.54, 1.807) is 15.7 Å². The molecule has 0 saturated carbocycles. The summed E-state index contributed by atoms with van der Waals surface area (Å²) >= 11 is 13.6. The average Bonchev–Trinajstić information content (AvgIpc) is 3.79. The van der Waals surface area contributed by atoms with Crippen molar-refractivity contribution in [3.63, 3.8) is 0 Å². The fourth-order valence-electron chi connectivity index (χ4n) is 8.94. The number of nitrogens with zero attached hydrogens (tertiary/aromatic N) is 6. The first-order valence-electron chi connectivity index (χ1n) is 20.0. The van der Waals surface area contributed by atoms with Gasteiger partial charge in [0.1, 0.15) is 11.4 Å². The van der Waals surface area contributed by atoms with E-state index in [2.05, 4.69) is 30.3 Å². The fourth-order valence-corrected chi connectivity index (χ4v) is 9.30. The number of ether oxygens (including phenoxy) is 1. The number of fused-ring (bicyclic) bond motifs is 4. The zero-order valence-corrected chi connectivity index (χ0v) is 36.2. The van der Waals surface area contributed by atoms with Crippen LogP contribution in [0.5, 0.6) is 5.75 Å². The number of aromatic nitrogens is 5. The number of carbonyl (C=O) groups is 2. The van der Waals surface area contributed by atoms with Crippen LogP contribution in [-0.2, 0) is 20.0 Å². The first kappa shape index (κ1) is 40.2. The normalized spacial score (nSPS) is 14.3. The van der Waals surface area contributed by atoms with Crippen molar-refractivity contribution in [1.82, 2.24) is 23.9 Å². The minimum atomic E-state index is -1.12. The molecule has 304 valence electrons. The van der Waals surface area contributed by atoms with Crippen LogP contribution in [0.2, 0.25) is 10.0 Å². The number of rotatable bonds is 11. The van der Waals surface area contributed by atoms with Gasteiger partial charge in [-0.15, -0.1) is 0 Å². The monoisotopic (exact) mass is 830 g/mol. The van der Waals surface area contributed by atoms with Gasteiger partial charge >= 0.3 is 5.97 Å². The summed E-state index contributed by atoms with van der Waals surface area (Å²) in [6.45, 7) is 15.1. The minimum Gasteiger partial charge on any atom is -0.494 e. The maximum absolute atomic E-state index is 15.6. The van der Waals surface area contributed by atoms with Gasteiger partial charge in [0, 0.05) is 58.4 Å². The summed E-state index contributed by atoms with van der Waals surface area (Å²) in [7, 11) is 1.92. The lowest BCUT2D eigenvalue weighted by Crippen LogP contribution is -2.43. The molecule has 59 heavy (non-hydrogen) atoms. The number of aryl methyl sites for hydroxylation is 5. The Balaban J connectivity index is 1.32. The number of pyridine rings is 1. The van der Waals surface area contributed by atoms with Gasteiger partial charge in [-0.2, -0.15) is 5.10 Å². The quantitative estimate of drug-likeness (QED) is 0.130. The Bertz CT molecular complexity index is 2790. The highest BCUT2D eigenvalue weighted by Crippen LogP contribution is 2.47. The molecule has 1 amide bonds. The summed E-state index contributed by atoms with van der Waals surface area (Å²) in [6, 6.07) is 19.2. The number of carboxylic acid groups (broad SMARTS) is 1. The van der Waals surface area contributed by atoms with E-state index < -0.39 is 5.97 Å². The zero-order chi connectivity index (χ0) is 42.0. The van der Waals surface area contributed by atoms with Crippen molar-refractivity contribution in [2.45, 2.75) is 79.8 Å². The number of hydrogen-bond acceptors (Lipinski definition) is 5. The summed E-state index contributed by atoms with van der Waals surface area (Å²) < 4.78 is 12.0. The van der Waals surface area contributed by atoms with Crippen LogP contribution in [0, 0.1) is 27.7 Å². The topological polar surface area (TPSA) is 107 Å². The van der Waals surface area contributed by atoms with Crippen LogP contribution in [0.3, 0.4) is 0 Å². The van der Waals surface area contributed by atoms with E-state index in [4.69, 9.17) is 33.0 Å². The van der Waals surface area contributed by atoms with Gasteiger partial charge in [0.25, 0.3) is 5.91 Å². The van der Waals surface area contributed by atoms with E-state index in [0.717, 1.165) is 72.0 Å². The SMILES string of the molecule is Cc1cc(OCCCc2c3n(c4c(-c5c(C)nn(C)c5C)c(Cl)ccc24)[C@H](C)CN(c2c(C(=O)O)n(Cc4ccccn4)c4ccc(C(C)C)cc24)C3=O)cc(C)c1Cl. The summed E-state index contributed by atoms with van der Waals surface area (Å²) in [5.74, 6) is -0.471. The number of carbonyl (C=O) groups excluding carboxylic acids is 1. The van der Waals surface area contributed by atoms with E-state index in [-0.39, 0.29) is 36.7 Å². The van der Waals surface area contributed by atoms with Gasteiger partial charge < -0.3 is 23.9 Å². The lowest BCUT2D eigenvalue weighted by Gasteiger charge is -2.34. The number of benzene rings is 3. The predicted molar refractivity (Wildman–Crippen MR) is 236 cm³/mol. The zero-order valence-electron chi connectivity index (χ0n) is 34.7. The lowest BCUT2D eigenvalue weighted by molar-refractivity contribution is 0.0687. The number of halogens is 2. The van der Waals surface area contributed by atoms with Crippen LogP contribution in [0.1, 0.15) is 99.5 Å². The average molecular weight is 832 g/mol. The first-order valence-corrected chi connectivity index (χ1v) is 20.8. The molecule has 0 bridgehead atoms. The van der Waals surface area contributed by atoms with E-state index in [1.165, 1.54) is 0 Å². The smallest absolute Gasteiger partial charge is 0.354 e. The van der Waals surface area contributed by atoms with E-state index in [0.29, 0.717) is 46.9 Å². The molecule has 10 nitrogen and oxygen atoms in total. The van der Waals surface area contributed by atoms with Crippen molar-refractivity contribution in [1.29, 1.82) is 0 Å². The van der Waals surface area contributed by atoms with Gasteiger partial charge in [-0.05, 0) is 118 Å². The summed E-state index contributed by atoms with van der Waals surface area (Å²) in [4.78, 5) is 35.4. The van der Waals surface area contributed by atoms with Crippen molar-refractivity contribution >= 4 is 62.6 Å². The third kappa shape index (κ3) is 6.86. The molecule has 1 aliphatic rings. The molecule has 0 aliphatic carbocycles. The second kappa shape index (κ2) is 15.5. The van der Waals surface area contributed by atoms with Gasteiger partial charge in [0.05, 0.1) is 46.3 Å². The van der Waals surface area contributed by atoms with E-state index >= 15 is 4.79 Å². The highest BCUT2D eigenvalue weighted by molar-refractivity contribution is 6.35. The Morgan fingerprint density at radius 1 is 0.983 bits per heavy atom. The molecule has 4 aromatic heterocycles. The fraction of sp³-hybridized carbons (Fsp3) is 0.319. The molecule has 7 aromatic rings. The lowest BCUT2D eigenvalue weighted by atomic mass is 9.98. The standard InChI is InChI=1S/C47H48Cl2N6O4/c1-25(2)31-14-17-38-36(22-31)43(45(47(57)58)53(38)24-32-12-9-10-18-50-32)54-23-28(5)55-42-35(15-16-37(48)40(42)39-29(6)51-52(8)30(39)7)34(44(55)46(54)56)13-11-19-59-33-20-26(3)41(49)27(4)21-33/h9-10,12,14-18,20-22,25,28H,11,13,19,23-24H2,1-8H3,(H,57,58)/t28-/m1/s1. The molecule has 12 heteroatoms. The number of amides is 1. The van der Waals surface area contributed by atoms with Crippen LogP contribution in [-0.4, -0.2) is 54.0 Å². The molecular weight excluding hydrogens is 783 g/mol. The highest BCUT2D eigenvalue weighted by atomic mass is 35.5. The summed E-state index contributed by atoms with van der Waals surface area (Å²) in [6.07, 6.45) is 2.83. The number of carboxylic acids is 1. The second-order valence-corrected chi connectivity index (χ2v) is 16.9. The van der Waals surface area contributed by atoms with E-state index in [1.807, 2.05) is 100 Å². The summed E-state index contributed by atoms with van der Waals surface area (Å²) in [5.41, 5.74) is 10.6. The summed E-state index contributed by atoms with van der Waals surface area (Å²) in [5, 5.41) is 18.7. The Labute approximate surface area is 353 Å². The molecule has 1 atom stereocenters. The molecule has 0 saturated heterocycles. The maximum Gasteiger partial charge on any atom is 0.354 e. The molecular formula is C47H48Cl2N6O4. The van der Waals surface area contributed by atoms with Gasteiger partial charge in [0.15, 0.2) is 5.69 Å². The van der Waals surface area contributed by atoms with Crippen LogP contribution in [0.25, 0.3) is 32.9 Å². The Morgan fingerprint density at radius 2 is 1.73 bits per heavy atom. The van der Waals surface area contributed by atoms with Crippen LogP contribution in [0.15, 0.2) is 66.9 Å². The Morgan fingerprint density at radius 3 is 2.37 bits per heavy atom. The van der Waals surface area contributed by atoms with Gasteiger partial charge in [0.2, 0.25) is 0 Å².